The molecule has 0 atom stereocenters. The van der Waals surface area contributed by atoms with Crippen LogP contribution in [0.4, 0.5) is 5.69 Å². The van der Waals surface area contributed by atoms with Gasteiger partial charge in [-0.1, -0.05) is 0 Å². The average molecular weight is 250 g/mol. The Kier molecular flexibility index (Phi) is 2.88. The number of benzene rings is 1. The number of hydrogen-bond acceptors (Lipinski definition) is 5. The van der Waals surface area contributed by atoms with E-state index in [4.69, 9.17) is 4.42 Å². The second kappa shape index (κ2) is 4.36. The molecule has 7 nitrogen and oxygen atoms in total. The molecule has 2 aromatic rings. The summed E-state index contributed by atoms with van der Waals surface area (Å²) in [5.41, 5.74) is 1.24. The van der Waals surface area contributed by atoms with Crippen molar-refractivity contribution in [2.24, 2.45) is 0 Å². The molecule has 18 heavy (non-hydrogen) atoms. The number of aromatic amines is 1. The fourth-order valence-electron chi connectivity index (χ4n) is 1.48. The van der Waals surface area contributed by atoms with Crippen LogP contribution < -0.4 is 10.7 Å². The third-order valence-electron chi connectivity index (χ3n) is 2.46. The van der Waals surface area contributed by atoms with Gasteiger partial charge in [0, 0.05) is 18.8 Å². The van der Waals surface area contributed by atoms with Crippen molar-refractivity contribution >= 4 is 28.7 Å². The van der Waals surface area contributed by atoms with E-state index < -0.39 is 17.6 Å². The minimum Gasteiger partial charge on any atom is -0.462 e. The zero-order chi connectivity index (χ0) is 13.3. The van der Waals surface area contributed by atoms with Gasteiger partial charge in [0.25, 0.3) is 0 Å². The molecule has 0 saturated heterocycles. The molecule has 1 aromatic heterocycles. The van der Waals surface area contributed by atoms with Crippen LogP contribution in [0, 0.1) is 0 Å². The van der Waals surface area contributed by atoms with Crippen LogP contribution in [0.3, 0.4) is 0 Å². The van der Waals surface area contributed by atoms with E-state index in [2.05, 4.69) is 9.72 Å². The second-order valence-corrected chi connectivity index (χ2v) is 3.55. The van der Waals surface area contributed by atoms with E-state index in [1.807, 2.05) is 0 Å². The Labute approximate surface area is 101 Å². The number of ether oxygens (including phenoxy) is 1. The number of amides is 1. The molecule has 7 heteroatoms. The van der Waals surface area contributed by atoms with Crippen LogP contribution in [0.1, 0.15) is 0 Å². The van der Waals surface area contributed by atoms with Crippen LogP contribution in [0.25, 0.3) is 11.1 Å². The van der Waals surface area contributed by atoms with Crippen molar-refractivity contribution < 1.29 is 18.7 Å². The zero-order valence-electron chi connectivity index (χ0n) is 9.72. The van der Waals surface area contributed by atoms with Crippen molar-refractivity contribution in [1.82, 2.24) is 4.98 Å². The summed E-state index contributed by atoms with van der Waals surface area (Å²) in [5, 5.41) is 0. The summed E-state index contributed by atoms with van der Waals surface area (Å²) < 4.78 is 9.20. The molecule has 1 amide bonds. The predicted molar refractivity (Wildman–Crippen MR) is 62.3 cm³/mol. The maximum Gasteiger partial charge on any atom is 0.417 e. The lowest BCUT2D eigenvalue weighted by molar-refractivity contribution is -0.151. The Morgan fingerprint density at radius 2 is 2.11 bits per heavy atom. The van der Waals surface area contributed by atoms with Gasteiger partial charge in [0.2, 0.25) is 0 Å². The lowest BCUT2D eigenvalue weighted by Crippen LogP contribution is -2.33. The van der Waals surface area contributed by atoms with Gasteiger partial charge in [-0.3, -0.25) is 9.78 Å². The van der Waals surface area contributed by atoms with Gasteiger partial charge in [-0.25, -0.2) is 9.59 Å². The molecular weight excluding hydrogens is 240 g/mol. The number of hydrogen-bond donors (Lipinski definition) is 1. The van der Waals surface area contributed by atoms with Crippen LogP contribution in [-0.2, 0) is 14.3 Å². The number of aromatic nitrogens is 1. The summed E-state index contributed by atoms with van der Waals surface area (Å²) in [5.74, 6) is -2.35. The van der Waals surface area contributed by atoms with Crippen molar-refractivity contribution in [2.75, 3.05) is 19.1 Å². The Morgan fingerprint density at radius 3 is 2.78 bits per heavy atom. The third-order valence-corrected chi connectivity index (χ3v) is 2.46. The lowest BCUT2D eigenvalue weighted by Gasteiger charge is -2.15. The van der Waals surface area contributed by atoms with E-state index in [0.29, 0.717) is 16.8 Å². The molecule has 0 aliphatic carbocycles. The van der Waals surface area contributed by atoms with Crippen LogP contribution in [-0.4, -0.2) is 31.0 Å². The Bertz CT molecular complexity index is 669. The quantitative estimate of drug-likeness (QED) is 0.578. The molecule has 1 N–H and O–H groups in total. The summed E-state index contributed by atoms with van der Waals surface area (Å²) in [6.45, 7) is 0. The van der Waals surface area contributed by atoms with E-state index in [-0.39, 0.29) is 0 Å². The first-order valence-corrected chi connectivity index (χ1v) is 5.02. The summed E-state index contributed by atoms with van der Waals surface area (Å²) in [7, 11) is 2.55. The standard InChI is InChI=1S/C11H10N2O5/c1-13(9(14)10(15)17-2)6-3-4-7-8(5-6)18-11(16)12-7/h3-5H,1-2H3,(H,12,16). The highest BCUT2D eigenvalue weighted by Crippen LogP contribution is 2.19. The van der Waals surface area contributed by atoms with Gasteiger partial charge >= 0.3 is 17.6 Å². The van der Waals surface area contributed by atoms with Crippen molar-refractivity contribution in [2.45, 2.75) is 0 Å². The number of likely N-dealkylation sites (N-methyl/N-ethyl adjacent to an activating group) is 1. The fraction of sp³-hybridized carbons (Fsp3) is 0.182. The minimum absolute atomic E-state index is 0.307. The number of oxazole rings is 1. The molecule has 0 bridgehead atoms. The molecule has 1 heterocycles. The number of anilines is 1. The van der Waals surface area contributed by atoms with E-state index in [1.54, 1.807) is 12.1 Å². The summed E-state index contributed by atoms with van der Waals surface area (Å²) in [6.07, 6.45) is 0. The van der Waals surface area contributed by atoms with E-state index >= 15 is 0 Å². The number of nitrogens with one attached hydrogen (secondary N) is 1. The van der Waals surface area contributed by atoms with Crippen molar-refractivity contribution in [1.29, 1.82) is 0 Å². The maximum atomic E-state index is 11.6. The number of carbonyl (C=O) groups excluding carboxylic acids is 2. The first kappa shape index (κ1) is 11.9. The SMILES string of the molecule is COC(=O)C(=O)N(C)c1ccc2[nH]c(=O)oc2c1. The van der Waals surface area contributed by atoms with Gasteiger partial charge in [-0.2, -0.15) is 0 Å². The van der Waals surface area contributed by atoms with E-state index in [9.17, 15) is 14.4 Å². The number of esters is 1. The van der Waals surface area contributed by atoms with Gasteiger partial charge < -0.3 is 14.1 Å². The van der Waals surface area contributed by atoms with Crippen LogP contribution in [0.15, 0.2) is 27.4 Å². The summed E-state index contributed by atoms with van der Waals surface area (Å²) in [4.78, 5) is 37.2. The van der Waals surface area contributed by atoms with Gasteiger partial charge in [0.05, 0.1) is 12.6 Å². The normalized spacial score (nSPS) is 10.3. The predicted octanol–water partition coefficient (Wildman–Crippen LogP) is 0.257. The van der Waals surface area contributed by atoms with Crippen molar-refractivity contribution in [3.8, 4) is 0 Å². The van der Waals surface area contributed by atoms with Crippen LogP contribution in [0.5, 0.6) is 0 Å². The van der Waals surface area contributed by atoms with Gasteiger partial charge in [-0.05, 0) is 12.1 Å². The van der Waals surface area contributed by atoms with Crippen LogP contribution in [0.2, 0.25) is 0 Å². The highest BCUT2D eigenvalue weighted by Gasteiger charge is 2.20. The fourth-order valence-corrected chi connectivity index (χ4v) is 1.48. The summed E-state index contributed by atoms with van der Waals surface area (Å²) >= 11 is 0. The number of fused-ring (bicyclic) bond motifs is 1. The van der Waals surface area contributed by atoms with Gasteiger partial charge in [0.15, 0.2) is 5.58 Å². The number of nitrogens with zero attached hydrogens (tertiary/aromatic N) is 1. The number of H-pyrrole nitrogens is 1. The molecule has 1 aromatic carbocycles. The number of rotatable bonds is 1. The lowest BCUT2D eigenvalue weighted by atomic mass is 10.2. The van der Waals surface area contributed by atoms with Crippen molar-refractivity contribution in [3.05, 3.63) is 28.7 Å². The monoisotopic (exact) mass is 250 g/mol. The molecular formula is C11H10N2O5. The molecule has 0 fully saturated rings. The van der Waals surface area contributed by atoms with Gasteiger partial charge in [-0.15, -0.1) is 0 Å². The molecule has 0 aliphatic heterocycles. The maximum absolute atomic E-state index is 11.6. The summed E-state index contributed by atoms with van der Waals surface area (Å²) in [6, 6.07) is 4.64. The Morgan fingerprint density at radius 1 is 1.39 bits per heavy atom. The average Bonchev–Trinajstić information content (AvgIpc) is 2.74. The highest BCUT2D eigenvalue weighted by atomic mass is 16.5. The Hall–Kier alpha value is -2.57. The van der Waals surface area contributed by atoms with Gasteiger partial charge in [0.1, 0.15) is 0 Å². The molecule has 0 unspecified atom stereocenters. The molecule has 0 saturated carbocycles. The van der Waals surface area contributed by atoms with E-state index in [1.165, 1.54) is 13.1 Å². The molecule has 2 rings (SSSR count). The van der Waals surface area contributed by atoms with Crippen LogP contribution >= 0.6 is 0 Å². The van der Waals surface area contributed by atoms with E-state index in [0.717, 1.165) is 12.0 Å². The largest absolute Gasteiger partial charge is 0.462 e. The molecule has 0 aliphatic rings. The minimum atomic E-state index is -0.965. The smallest absolute Gasteiger partial charge is 0.417 e. The first-order valence-electron chi connectivity index (χ1n) is 5.02. The number of carbonyl (C=O) groups is 2. The Balaban J connectivity index is 2.38. The van der Waals surface area contributed by atoms with Crippen molar-refractivity contribution in [3.63, 3.8) is 0 Å². The second-order valence-electron chi connectivity index (χ2n) is 3.55. The topological polar surface area (TPSA) is 92.6 Å². The molecule has 0 radical (unpaired) electrons. The first-order chi connectivity index (χ1) is 8.52. The zero-order valence-corrected chi connectivity index (χ0v) is 9.72. The highest BCUT2D eigenvalue weighted by molar-refractivity contribution is 6.38. The molecule has 0 spiro atoms. The molecule has 94 valence electrons. The number of methoxy groups -OCH3 is 1. The third kappa shape index (κ3) is 1.97.